The maximum absolute atomic E-state index is 12.8. The van der Waals surface area contributed by atoms with Crippen LogP contribution in [0.3, 0.4) is 0 Å². The first-order valence-corrected chi connectivity index (χ1v) is 14.2. The fourth-order valence-corrected chi connectivity index (χ4v) is 6.41. The highest BCUT2D eigenvalue weighted by Crippen LogP contribution is 2.31. The first-order chi connectivity index (χ1) is 16.6. The first kappa shape index (κ1) is 25.1. The molecule has 1 aromatic carbocycles. The topological polar surface area (TPSA) is 138 Å². The number of carbonyl (C=O) groups excluding carboxylic acids is 1. The van der Waals surface area contributed by atoms with Crippen molar-refractivity contribution in [3.05, 3.63) is 52.2 Å². The predicted molar refractivity (Wildman–Crippen MR) is 136 cm³/mol. The summed E-state index contributed by atoms with van der Waals surface area (Å²) < 4.78 is 27.5. The molecule has 35 heavy (non-hydrogen) atoms. The van der Waals surface area contributed by atoms with Crippen molar-refractivity contribution in [3.8, 4) is 6.07 Å². The van der Waals surface area contributed by atoms with Crippen LogP contribution in [-0.2, 0) is 27.7 Å². The van der Waals surface area contributed by atoms with Crippen LogP contribution >= 0.6 is 23.1 Å². The zero-order valence-corrected chi connectivity index (χ0v) is 21.9. The van der Waals surface area contributed by atoms with E-state index < -0.39 is 15.3 Å². The van der Waals surface area contributed by atoms with E-state index in [0.29, 0.717) is 27.2 Å². The monoisotopic (exact) mass is 528 g/mol. The number of nitriles is 1. The summed E-state index contributed by atoms with van der Waals surface area (Å²) in [4.78, 5) is 17.5. The van der Waals surface area contributed by atoms with E-state index in [2.05, 4.69) is 33.2 Å². The van der Waals surface area contributed by atoms with E-state index in [0.717, 1.165) is 41.9 Å². The van der Waals surface area contributed by atoms with Gasteiger partial charge in [0.1, 0.15) is 16.1 Å². The second-order valence-corrected chi connectivity index (χ2v) is 12.6. The average Bonchev–Trinajstić information content (AvgIpc) is 3.22. The molecule has 0 saturated carbocycles. The lowest BCUT2D eigenvalue weighted by Crippen LogP contribution is -2.23. The van der Waals surface area contributed by atoms with Crippen LogP contribution in [0.5, 0.6) is 0 Å². The number of carbonyl (C=O) groups is 1. The van der Waals surface area contributed by atoms with Gasteiger partial charge in [0.25, 0.3) is 10.0 Å². The third kappa shape index (κ3) is 5.98. The second-order valence-electron chi connectivity index (χ2n) is 8.41. The zero-order valence-electron chi connectivity index (χ0n) is 19.4. The van der Waals surface area contributed by atoms with Crippen molar-refractivity contribution >= 4 is 49.8 Å². The Balaban J connectivity index is 1.41. The molecule has 0 spiro atoms. The lowest BCUT2D eigenvalue weighted by atomic mass is 9.87. The minimum absolute atomic E-state index is 0.0389. The number of fused-ring (bicyclic) bond motifs is 1. The van der Waals surface area contributed by atoms with Crippen LogP contribution < -0.4 is 10.0 Å². The molecule has 1 aliphatic rings. The summed E-state index contributed by atoms with van der Waals surface area (Å²) in [7, 11) is -3.82. The standard InChI is InChI=1S/C23H24N6O3S3/c1-13-4-9-20-16(10-13)11-17(12-24)22(26-20)33-14(2)21(30)25-18-5-7-19(8-6-18)35(31,32)29-23-28-27-15(3)34-23/h5-8,11,13-14H,4,9-10H2,1-3H3,(H,25,30)(H,28,29). The fraction of sp³-hybridized carbons (Fsp3) is 0.348. The molecule has 0 radical (unpaired) electrons. The Morgan fingerprint density at radius 3 is 2.69 bits per heavy atom. The second kappa shape index (κ2) is 10.3. The van der Waals surface area contributed by atoms with Crippen molar-refractivity contribution in [2.45, 2.75) is 55.2 Å². The van der Waals surface area contributed by atoms with Gasteiger partial charge in [-0.2, -0.15) is 5.26 Å². The summed E-state index contributed by atoms with van der Waals surface area (Å²) in [5.74, 6) is 0.301. The first-order valence-electron chi connectivity index (χ1n) is 11.0. The molecule has 2 atom stereocenters. The molecule has 12 heteroatoms. The number of sulfonamides is 1. The largest absolute Gasteiger partial charge is 0.325 e. The minimum Gasteiger partial charge on any atom is -0.325 e. The molecule has 3 aromatic rings. The van der Waals surface area contributed by atoms with Crippen molar-refractivity contribution in [2.75, 3.05) is 10.0 Å². The molecule has 0 saturated heterocycles. The number of anilines is 2. The van der Waals surface area contributed by atoms with Crippen LogP contribution in [0.15, 0.2) is 40.3 Å². The summed E-state index contributed by atoms with van der Waals surface area (Å²) in [5, 5.41) is 20.8. The number of hydrogen-bond donors (Lipinski definition) is 2. The summed E-state index contributed by atoms with van der Waals surface area (Å²) in [5.41, 5.74) is 3.06. The number of benzene rings is 1. The van der Waals surface area contributed by atoms with E-state index in [1.165, 1.54) is 36.0 Å². The van der Waals surface area contributed by atoms with Crippen LogP contribution in [0.25, 0.3) is 0 Å². The van der Waals surface area contributed by atoms with Crippen LogP contribution in [0, 0.1) is 24.2 Å². The van der Waals surface area contributed by atoms with Crippen LogP contribution in [0.1, 0.15) is 42.1 Å². The average molecular weight is 529 g/mol. The molecule has 2 N–H and O–H groups in total. The highest BCUT2D eigenvalue weighted by Gasteiger charge is 2.23. The van der Waals surface area contributed by atoms with Gasteiger partial charge in [0, 0.05) is 11.4 Å². The van der Waals surface area contributed by atoms with Crippen molar-refractivity contribution < 1.29 is 13.2 Å². The molecule has 9 nitrogen and oxygen atoms in total. The molecule has 0 fully saturated rings. The number of rotatable bonds is 7. The van der Waals surface area contributed by atoms with E-state index in [1.807, 2.05) is 6.07 Å². The maximum Gasteiger partial charge on any atom is 0.263 e. The predicted octanol–water partition coefficient (Wildman–Crippen LogP) is 4.16. The SMILES string of the molecule is Cc1nnc(NS(=O)(=O)c2ccc(NC(=O)C(C)Sc3nc4c(cc3C#N)CC(C)CC4)cc2)s1. The highest BCUT2D eigenvalue weighted by molar-refractivity contribution is 8.00. The zero-order chi connectivity index (χ0) is 25.2. The Morgan fingerprint density at radius 2 is 2.03 bits per heavy atom. The summed E-state index contributed by atoms with van der Waals surface area (Å²) in [6.45, 7) is 5.67. The molecule has 2 unspecified atom stereocenters. The lowest BCUT2D eigenvalue weighted by molar-refractivity contribution is -0.115. The summed E-state index contributed by atoms with van der Waals surface area (Å²) in [6.07, 6.45) is 2.85. The number of thioether (sulfide) groups is 1. The van der Waals surface area contributed by atoms with Gasteiger partial charge in [-0.1, -0.05) is 30.0 Å². The van der Waals surface area contributed by atoms with Crippen LogP contribution in [0.2, 0.25) is 0 Å². The number of aromatic nitrogens is 3. The molecule has 1 amide bonds. The Labute approximate surface area is 212 Å². The molecule has 2 aromatic heterocycles. The fourth-order valence-electron chi connectivity index (χ4n) is 3.69. The van der Waals surface area contributed by atoms with Crippen molar-refractivity contribution in [2.24, 2.45) is 5.92 Å². The van der Waals surface area contributed by atoms with E-state index in [-0.39, 0.29) is 15.9 Å². The van der Waals surface area contributed by atoms with E-state index in [1.54, 1.807) is 13.8 Å². The number of amides is 1. The van der Waals surface area contributed by atoms with Gasteiger partial charge in [0.2, 0.25) is 11.0 Å². The van der Waals surface area contributed by atoms with Crippen LogP contribution in [0.4, 0.5) is 10.8 Å². The van der Waals surface area contributed by atoms with Crippen molar-refractivity contribution in [1.29, 1.82) is 5.26 Å². The van der Waals surface area contributed by atoms with E-state index >= 15 is 0 Å². The van der Waals surface area contributed by atoms with E-state index in [9.17, 15) is 18.5 Å². The van der Waals surface area contributed by atoms with Gasteiger partial charge in [0.15, 0.2) is 0 Å². The maximum atomic E-state index is 12.8. The van der Waals surface area contributed by atoms with E-state index in [4.69, 9.17) is 4.98 Å². The number of hydrogen-bond acceptors (Lipinski definition) is 9. The van der Waals surface area contributed by atoms with Gasteiger partial charge in [-0.15, -0.1) is 10.2 Å². The Morgan fingerprint density at radius 1 is 1.29 bits per heavy atom. The molecule has 4 rings (SSSR count). The number of pyridine rings is 1. The Kier molecular flexibility index (Phi) is 7.39. The normalized spacial score (nSPS) is 16.1. The molecular formula is C23H24N6O3S3. The Bertz CT molecular complexity index is 1400. The van der Waals surface area contributed by atoms with Crippen molar-refractivity contribution in [3.63, 3.8) is 0 Å². The van der Waals surface area contributed by atoms with Gasteiger partial charge >= 0.3 is 0 Å². The molecule has 0 aliphatic heterocycles. The van der Waals surface area contributed by atoms with Gasteiger partial charge < -0.3 is 5.32 Å². The highest BCUT2D eigenvalue weighted by atomic mass is 32.2. The van der Waals surface area contributed by atoms with Gasteiger partial charge in [-0.3, -0.25) is 9.52 Å². The Hall–Kier alpha value is -3.01. The molecule has 1 aliphatic carbocycles. The lowest BCUT2D eigenvalue weighted by Gasteiger charge is -2.22. The minimum atomic E-state index is -3.82. The van der Waals surface area contributed by atoms with Gasteiger partial charge in [-0.25, -0.2) is 13.4 Å². The molecule has 0 bridgehead atoms. The molecular weight excluding hydrogens is 504 g/mol. The molecule has 2 heterocycles. The van der Waals surface area contributed by atoms with Gasteiger partial charge in [-0.05, 0) is 74.9 Å². The summed E-state index contributed by atoms with van der Waals surface area (Å²) in [6, 6.07) is 9.97. The third-order valence-corrected chi connectivity index (χ3v) is 8.90. The summed E-state index contributed by atoms with van der Waals surface area (Å²) >= 11 is 2.38. The number of nitrogens with zero attached hydrogens (tertiary/aromatic N) is 4. The third-order valence-electron chi connectivity index (χ3n) is 5.56. The van der Waals surface area contributed by atoms with Crippen LogP contribution in [-0.4, -0.2) is 34.8 Å². The van der Waals surface area contributed by atoms with Crippen molar-refractivity contribution in [1.82, 2.24) is 15.2 Å². The number of aryl methyl sites for hydroxylation is 2. The van der Waals surface area contributed by atoms with Gasteiger partial charge in [0.05, 0.1) is 15.7 Å². The smallest absolute Gasteiger partial charge is 0.263 e. The quantitative estimate of drug-likeness (QED) is 0.436. The molecule has 182 valence electrons. The number of nitrogens with one attached hydrogen (secondary N) is 2.